The molecule has 0 heterocycles. The average molecular weight is 249 g/mol. The fourth-order valence-corrected chi connectivity index (χ4v) is 1.56. The van der Waals surface area contributed by atoms with Gasteiger partial charge in [0.25, 0.3) is 5.91 Å². The van der Waals surface area contributed by atoms with Crippen LogP contribution < -0.4 is 10.1 Å². The zero-order valence-corrected chi connectivity index (χ0v) is 11.2. The summed E-state index contributed by atoms with van der Waals surface area (Å²) in [6.45, 7) is 7.44. The second kappa shape index (κ2) is 5.67. The van der Waals surface area contributed by atoms with Gasteiger partial charge in [-0.25, -0.2) is 0 Å². The fraction of sp³-hybridized carbons (Fsp3) is 0.429. The minimum absolute atomic E-state index is 0.0943. The van der Waals surface area contributed by atoms with Crippen molar-refractivity contribution < 1.29 is 14.3 Å². The van der Waals surface area contributed by atoms with Gasteiger partial charge in [0.15, 0.2) is 12.9 Å². The highest BCUT2D eigenvalue weighted by Crippen LogP contribution is 2.21. The number of rotatable bonds is 4. The lowest BCUT2D eigenvalue weighted by Gasteiger charge is -2.20. The van der Waals surface area contributed by atoms with E-state index >= 15 is 0 Å². The molecule has 1 aromatic carbocycles. The van der Waals surface area contributed by atoms with E-state index in [9.17, 15) is 9.59 Å². The highest BCUT2D eigenvalue weighted by molar-refractivity contribution is 5.81. The third kappa shape index (κ3) is 4.20. The molecule has 1 N–H and O–H groups in total. The van der Waals surface area contributed by atoms with Crippen LogP contribution in [0.5, 0.6) is 5.75 Å². The van der Waals surface area contributed by atoms with Crippen molar-refractivity contribution in [1.82, 2.24) is 5.32 Å². The maximum absolute atomic E-state index is 11.6. The number of aryl methyl sites for hydroxylation is 1. The molecular formula is C14H19NO3. The molecule has 98 valence electrons. The van der Waals surface area contributed by atoms with Gasteiger partial charge in [-0.3, -0.25) is 9.59 Å². The van der Waals surface area contributed by atoms with Gasteiger partial charge in [0, 0.05) is 5.54 Å². The molecule has 18 heavy (non-hydrogen) atoms. The third-order valence-corrected chi connectivity index (χ3v) is 2.23. The first-order chi connectivity index (χ1) is 8.33. The second-order valence-corrected chi connectivity index (χ2v) is 5.20. The molecule has 0 saturated heterocycles. The summed E-state index contributed by atoms with van der Waals surface area (Å²) in [6.07, 6.45) is 0.726. The molecule has 0 atom stereocenters. The Balaban J connectivity index is 2.69. The van der Waals surface area contributed by atoms with Gasteiger partial charge in [-0.1, -0.05) is 12.1 Å². The number of benzene rings is 1. The molecule has 4 nitrogen and oxygen atoms in total. The van der Waals surface area contributed by atoms with Gasteiger partial charge in [-0.05, 0) is 39.3 Å². The summed E-state index contributed by atoms with van der Waals surface area (Å²) in [7, 11) is 0. The largest absolute Gasteiger partial charge is 0.483 e. The van der Waals surface area contributed by atoms with Crippen molar-refractivity contribution >= 4 is 12.2 Å². The normalized spacial score (nSPS) is 10.9. The Bertz CT molecular complexity index is 447. The zero-order valence-electron chi connectivity index (χ0n) is 11.2. The highest BCUT2D eigenvalue weighted by Gasteiger charge is 2.15. The average Bonchev–Trinajstić information content (AvgIpc) is 2.24. The van der Waals surface area contributed by atoms with Crippen LogP contribution >= 0.6 is 0 Å². The summed E-state index contributed by atoms with van der Waals surface area (Å²) in [5, 5.41) is 2.79. The smallest absolute Gasteiger partial charge is 0.258 e. The summed E-state index contributed by atoms with van der Waals surface area (Å²) in [4.78, 5) is 22.5. The predicted octanol–water partition coefficient (Wildman–Crippen LogP) is 2.10. The van der Waals surface area contributed by atoms with Crippen LogP contribution in [-0.4, -0.2) is 24.3 Å². The molecule has 4 heteroatoms. The van der Waals surface area contributed by atoms with E-state index in [1.54, 1.807) is 12.1 Å². The number of aldehydes is 1. The summed E-state index contributed by atoms with van der Waals surface area (Å²) in [6, 6.07) is 5.28. The van der Waals surface area contributed by atoms with Crippen molar-refractivity contribution in [2.24, 2.45) is 0 Å². The monoisotopic (exact) mass is 249 g/mol. The minimum atomic E-state index is -0.292. The van der Waals surface area contributed by atoms with Crippen molar-refractivity contribution in [2.45, 2.75) is 33.2 Å². The molecule has 0 spiro atoms. The van der Waals surface area contributed by atoms with Gasteiger partial charge in [0.2, 0.25) is 0 Å². The topological polar surface area (TPSA) is 55.4 Å². The first-order valence-electron chi connectivity index (χ1n) is 5.82. The van der Waals surface area contributed by atoms with Crippen LogP contribution in [0.3, 0.4) is 0 Å². The molecule has 1 rings (SSSR count). The Morgan fingerprint density at radius 3 is 2.61 bits per heavy atom. The SMILES string of the molecule is Cc1cccc(C=O)c1OCC(=O)NC(C)(C)C. The molecular weight excluding hydrogens is 230 g/mol. The molecule has 0 saturated carbocycles. The molecule has 0 aliphatic rings. The van der Waals surface area contributed by atoms with E-state index in [0.717, 1.165) is 11.8 Å². The molecule has 0 radical (unpaired) electrons. The molecule has 0 unspecified atom stereocenters. The first-order valence-corrected chi connectivity index (χ1v) is 5.82. The Morgan fingerprint density at radius 2 is 2.06 bits per heavy atom. The Labute approximate surface area is 107 Å². The summed E-state index contributed by atoms with van der Waals surface area (Å²) in [5.41, 5.74) is 1.00. The number of hydrogen-bond acceptors (Lipinski definition) is 3. The van der Waals surface area contributed by atoms with Crippen molar-refractivity contribution in [2.75, 3.05) is 6.61 Å². The van der Waals surface area contributed by atoms with Crippen molar-refractivity contribution in [1.29, 1.82) is 0 Å². The molecule has 0 aliphatic carbocycles. The third-order valence-electron chi connectivity index (χ3n) is 2.23. The first kappa shape index (κ1) is 14.2. The molecule has 0 aliphatic heterocycles. The highest BCUT2D eigenvalue weighted by atomic mass is 16.5. The molecule has 1 aromatic rings. The van der Waals surface area contributed by atoms with Gasteiger partial charge >= 0.3 is 0 Å². The van der Waals surface area contributed by atoms with Gasteiger partial charge < -0.3 is 10.1 Å². The van der Waals surface area contributed by atoms with Crippen LogP contribution in [0.2, 0.25) is 0 Å². The lowest BCUT2D eigenvalue weighted by atomic mass is 10.1. The number of para-hydroxylation sites is 1. The van der Waals surface area contributed by atoms with E-state index in [4.69, 9.17) is 4.74 Å². The number of ether oxygens (including phenoxy) is 1. The quantitative estimate of drug-likeness (QED) is 0.831. The minimum Gasteiger partial charge on any atom is -0.483 e. The van der Waals surface area contributed by atoms with Crippen LogP contribution in [0, 0.1) is 6.92 Å². The van der Waals surface area contributed by atoms with Gasteiger partial charge in [-0.15, -0.1) is 0 Å². The van der Waals surface area contributed by atoms with E-state index in [1.165, 1.54) is 0 Å². The second-order valence-electron chi connectivity index (χ2n) is 5.20. The number of hydrogen-bond donors (Lipinski definition) is 1. The molecule has 0 aromatic heterocycles. The van der Waals surface area contributed by atoms with Gasteiger partial charge in [-0.2, -0.15) is 0 Å². The Morgan fingerprint density at radius 1 is 1.39 bits per heavy atom. The van der Waals surface area contributed by atoms with E-state index in [2.05, 4.69) is 5.32 Å². The Hall–Kier alpha value is -1.84. The molecule has 0 fully saturated rings. The summed E-state index contributed by atoms with van der Waals surface area (Å²) in [5.74, 6) is 0.263. The zero-order chi connectivity index (χ0) is 13.8. The van der Waals surface area contributed by atoms with Crippen molar-refractivity contribution in [3.05, 3.63) is 29.3 Å². The van der Waals surface area contributed by atoms with E-state index in [0.29, 0.717) is 11.3 Å². The van der Waals surface area contributed by atoms with Crippen LogP contribution in [0.4, 0.5) is 0 Å². The lowest BCUT2D eigenvalue weighted by Crippen LogP contribution is -2.43. The number of carbonyl (C=O) groups is 2. The molecule has 0 bridgehead atoms. The van der Waals surface area contributed by atoms with Crippen LogP contribution in [0.15, 0.2) is 18.2 Å². The Kier molecular flexibility index (Phi) is 4.48. The van der Waals surface area contributed by atoms with Crippen LogP contribution in [-0.2, 0) is 4.79 Å². The summed E-state index contributed by atoms with van der Waals surface area (Å²) < 4.78 is 5.42. The predicted molar refractivity (Wildman–Crippen MR) is 70.0 cm³/mol. The maximum Gasteiger partial charge on any atom is 0.258 e. The van der Waals surface area contributed by atoms with Gasteiger partial charge in [0.05, 0.1) is 5.56 Å². The van der Waals surface area contributed by atoms with Crippen LogP contribution in [0.1, 0.15) is 36.7 Å². The standard InChI is InChI=1S/C14H19NO3/c1-10-6-5-7-11(8-16)13(10)18-9-12(17)15-14(2,3)4/h5-8H,9H2,1-4H3,(H,15,17). The van der Waals surface area contributed by atoms with E-state index in [1.807, 2.05) is 33.8 Å². The number of amides is 1. The van der Waals surface area contributed by atoms with Crippen molar-refractivity contribution in [3.63, 3.8) is 0 Å². The van der Waals surface area contributed by atoms with Crippen LogP contribution in [0.25, 0.3) is 0 Å². The summed E-state index contributed by atoms with van der Waals surface area (Å²) >= 11 is 0. The molecule has 1 amide bonds. The lowest BCUT2D eigenvalue weighted by molar-refractivity contribution is -0.124. The van der Waals surface area contributed by atoms with Crippen molar-refractivity contribution in [3.8, 4) is 5.75 Å². The number of carbonyl (C=O) groups excluding carboxylic acids is 2. The fourth-order valence-electron chi connectivity index (χ4n) is 1.56. The van der Waals surface area contributed by atoms with Gasteiger partial charge in [0.1, 0.15) is 5.75 Å². The maximum atomic E-state index is 11.6. The number of nitrogens with one attached hydrogen (secondary N) is 1. The van der Waals surface area contributed by atoms with E-state index < -0.39 is 0 Å². The van der Waals surface area contributed by atoms with E-state index in [-0.39, 0.29) is 18.1 Å².